The predicted molar refractivity (Wildman–Crippen MR) is 78.3 cm³/mol. The Morgan fingerprint density at radius 3 is 2.73 bits per heavy atom. The van der Waals surface area contributed by atoms with E-state index >= 15 is 0 Å². The predicted octanol–water partition coefficient (Wildman–Crippen LogP) is 2.25. The highest BCUT2D eigenvalue weighted by molar-refractivity contribution is 6.05. The number of rotatable bonds is 6. The molecule has 0 spiro atoms. The van der Waals surface area contributed by atoms with Crippen LogP contribution in [0.15, 0.2) is 24.3 Å². The zero-order valence-electron chi connectivity index (χ0n) is 11.9. The van der Waals surface area contributed by atoms with Crippen molar-refractivity contribution in [2.24, 2.45) is 5.92 Å². The van der Waals surface area contributed by atoms with Crippen molar-refractivity contribution in [2.45, 2.75) is 32.1 Å². The van der Waals surface area contributed by atoms with Gasteiger partial charge < -0.3 is 5.32 Å². The van der Waals surface area contributed by atoms with E-state index in [1.165, 1.54) is 24.3 Å². The van der Waals surface area contributed by atoms with E-state index in [1.54, 1.807) is 0 Å². The Morgan fingerprint density at radius 1 is 1.32 bits per heavy atom. The normalized spacial score (nSPS) is 17.3. The average Bonchev–Trinajstić information content (AvgIpc) is 2.91. The lowest BCUT2D eigenvalue weighted by Gasteiger charge is -2.07. The van der Waals surface area contributed by atoms with Crippen LogP contribution in [0.3, 0.4) is 0 Å². The zero-order chi connectivity index (χ0) is 16.1. The summed E-state index contributed by atoms with van der Waals surface area (Å²) in [5.41, 5.74) is 0.189. The molecule has 1 saturated carbocycles. The minimum absolute atomic E-state index is 0.0111. The molecule has 22 heavy (non-hydrogen) atoms. The first-order chi connectivity index (χ1) is 10.5. The molecule has 1 atom stereocenters. The second kappa shape index (κ2) is 6.93. The summed E-state index contributed by atoms with van der Waals surface area (Å²) in [6, 6.07) is 5.58. The number of nitrogens with one attached hydrogen (secondary N) is 1. The van der Waals surface area contributed by atoms with E-state index in [1.807, 2.05) is 0 Å². The molecule has 0 aliphatic heterocycles. The third-order valence-corrected chi connectivity index (χ3v) is 3.63. The standard InChI is InChI=1S/C15H16N2O5/c18-13-6-2-5-12(13)14(19)7-8-15(20)16-10-3-1-4-11(9-10)17(21)22/h1,3-4,9,12H,2,5-8H2,(H,16,20)/t12-/m0/s1. The number of amides is 1. The Labute approximate surface area is 126 Å². The van der Waals surface area contributed by atoms with Crippen molar-refractivity contribution in [1.29, 1.82) is 0 Å². The van der Waals surface area contributed by atoms with Crippen molar-refractivity contribution in [2.75, 3.05) is 5.32 Å². The SMILES string of the molecule is O=C(CCC(=O)[C@H]1CCCC1=O)Nc1cccc([N+](=O)[O-])c1. The number of non-ortho nitro benzene ring substituents is 1. The molecule has 0 bridgehead atoms. The quantitative estimate of drug-likeness (QED) is 0.493. The van der Waals surface area contributed by atoms with E-state index in [0.29, 0.717) is 18.5 Å². The topological polar surface area (TPSA) is 106 Å². The molecular weight excluding hydrogens is 288 g/mol. The van der Waals surface area contributed by atoms with Crippen LogP contribution in [0.1, 0.15) is 32.1 Å². The molecule has 1 aliphatic carbocycles. The van der Waals surface area contributed by atoms with Gasteiger partial charge in [-0.3, -0.25) is 24.5 Å². The summed E-state index contributed by atoms with van der Waals surface area (Å²) in [5, 5.41) is 13.2. The van der Waals surface area contributed by atoms with Gasteiger partial charge >= 0.3 is 0 Å². The third kappa shape index (κ3) is 3.97. The third-order valence-electron chi connectivity index (χ3n) is 3.63. The molecule has 7 heteroatoms. The highest BCUT2D eigenvalue weighted by Gasteiger charge is 2.30. The van der Waals surface area contributed by atoms with Crippen LogP contribution in [0.4, 0.5) is 11.4 Å². The fraction of sp³-hybridized carbons (Fsp3) is 0.400. The maximum atomic E-state index is 11.9. The van der Waals surface area contributed by atoms with Crippen molar-refractivity contribution in [1.82, 2.24) is 0 Å². The van der Waals surface area contributed by atoms with Crippen molar-refractivity contribution in [3.8, 4) is 0 Å². The summed E-state index contributed by atoms with van der Waals surface area (Å²) in [6.45, 7) is 0. The number of hydrogen-bond donors (Lipinski definition) is 1. The smallest absolute Gasteiger partial charge is 0.271 e. The van der Waals surface area contributed by atoms with Gasteiger partial charge in [0.1, 0.15) is 11.6 Å². The molecule has 1 fully saturated rings. The Hall–Kier alpha value is -2.57. The fourth-order valence-corrected chi connectivity index (χ4v) is 2.49. The molecule has 0 heterocycles. The van der Waals surface area contributed by atoms with Crippen LogP contribution in [-0.4, -0.2) is 22.4 Å². The minimum atomic E-state index is -0.551. The number of nitro groups is 1. The summed E-state index contributed by atoms with van der Waals surface area (Å²) in [6.07, 6.45) is 1.72. The van der Waals surface area contributed by atoms with Gasteiger partial charge in [-0.15, -0.1) is 0 Å². The number of hydrogen-bond acceptors (Lipinski definition) is 5. The Morgan fingerprint density at radius 2 is 2.09 bits per heavy atom. The van der Waals surface area contributed by atoms with E-state index < -0.39 is 16.7 Å². The van der Waals surface area contributed by atoms with Crippen LogP contribution in [-0.2, 0) is 14.4 Å². The monoisotopic (exact) mass is 304 g/mol. The number of nitrogens with zero attached hydrogens (tertiary/aromatic N) is 1. The zero-order valence-corrected chi connectivity index (χ0v) is 11.9. The molecule has 1 amide bonds. The van der Waals surface area contributed by atoms with Gasteiger partial charge in [-0.1, -0.05) is 6.07 Å². The van der Waals surface area contributed by atoms with E-state index in [0.717, 1.165) is 6.42 Å². The van der Waals surface area contributed by atoms with Crippen LogP contribution < -0.4 is 5.32 Å². The lowest BCUT2D eigenvalue weighted by molar-refractivity contribution is -0.384. The number of Topliss-reactive ketones (excluding diaryl/α,β-unsaturated/α-hetero) is 2. The van der Waals surface area contributed by atoms with Gasteiger partial charge in [-0.05, 0) is 18.9 Å². The van der Waals surface area contributed by atoms with Crippen LogP contribution in [0.5, 0.6) is 0 Å². The van der Waals surface area contributed by atoms with Crippen LogP contribution >= 0.6 is 0 Å². The molecule has 116 valence electrons. The molecule has 0 unspecified atom stereocenters. The highest BCUT2D eigenvalue weighted by atomic mass is 16.6. The van der Waals surface area contributed by atoms with Crippen LogP contribution in [0.2, 0.25) is 0 Å². The van der Waals surface area contributed by atoms with Gasteiger partial charge in [0.05, 0.1) is 10.8 Å². The highest BCUT2D eigenvalue weighted by Crippen LogP contribution is 2.24. The molecule has 1 aromatic rings. The fourth-order valence-electron chi connectivity index (χ4n) is 2.49. The van der Waals surface area contributed by atoms with Gasteiger partial charge in [0.15, 0.2) is 0 Å². The second-order valence-corrected chi connectivity index (χ2v) is 5.23. The van der Waals surface area contributed by atoms with Gasteiger partial charge in [-0.2, -0.15) is 0 Å². The summed E-state index contributed by atoms with van der Waals surface area (Å²) < 4.78 is 0. The van der Waals surface area contributed by atoms with Crippen LogP contribution in [0, 0.1) is 16.0 Å². The summed E-state index contributed by atoms with van der Waals surface area (Å²) in [4.78, 5) is 45.2. The van der Waals surface area contributed by atoms with E-state index in [-0.39, 0.29) is 30.1 Å². The molecule has 1 N–H and O–H groups in total. The van der Waals surface area contributed by atoms with Crippen molar-refractivity contribution in [3.05, 3.63) is 34.4 Å². The number of nitro benzene ring substituents is 1. The largest absolute Gasteiger partial charge is 0.326 e. The van der Waals surface area contributed by atoms with E-state index in [4.69, 9.17) is 0 Å². The number of carbonyl (C=O) groups excluding carboxylic acids is 3. The summed E-state index contributed by atoms with van der Waals surface area (Å²) >= 11 is 0. The van der Waals surface area contributed by atoms with Gasteiger partial charge in [0, 0.05) is 37.1 Å². The van der Waals surface area contributed by atoms with E-state index in [2.05, 4.69) is 5.32 Å². The second-order valence-electron chi connectivity index (χ2n) is 5.23. The maximum absolute atomic E-state index is 11.9. The lowest BCUT2D eigenvalue weighted by Crippen LogP contribution is -2.21. The van der Waals surface area contributed by atoms with Crippen molar-refractivity contribution < 1.29 is 19.3 Å². The maximum Gasteiger partial charge on any atom is 0.271 e. The molecule has 0 aromatic heterocycles. The molecule has 1 aromatic carbocycles. The molecule has 1 aliphatic rings. The van der Waals surface area contributed by atoms with Gasteiger partial charge in [0.25, 0.3) is 5.69 Å². The van der Waals surface area contributed by atoms with Crippen molar-refractivity contribution in [3.63, 3.8) is 0 Å². The van der Waals surface area contributed by atoms with E-state index in [9.17, 15) is 24.5 Å². The first-order valence-corrected chi connectivity index (χ1v) is 7.07. The Kier molecular flexibility index (Phi) is 4.98. The molecular formula is C15H16N2O5. The molecule has 7 nitrogen and oxygen atoms in total. The first kappa shape index (κ1) is 15.8. The molecule has 0 saturated heterocycles. The number of benzene rings is 1. The van der Waals surface area contributed by atoms with Crippen molar-refractivity contribution >= 4 is 28.8 Å². The summed E-state index contributed by atoms with van der Waals surface area (Å²) in [7, 11) is 0. The Bertz CT molecular complexity index is 626. The number of carbonyl (C=O) groups is 3. The van der Waals surface area contributed by atoms with Gasteiger partial charge in [-0.25, -0.2) is 0 Å². The Balaban J connectivity index is 1.85. The molecule has 0 radical (unpaired) electrons. The van der Waals surface area contributed by atoms with Gasteiger partial charge in [0.2, 0.25) is 5.91 Å². The summed E-state index contributed by atoms with van der Waals surface area (Å²) in [5.74, 6) is -1.19. The average molecular weight is 304 g/mol. The van der Waals surface area contributed by atoms with Crippen LogP contribution in [0.25, 0.3) is 0 Å². The lowest BCUT2D eigenvalue weighted by atomic mass is 9.98. The number of ketones is 2. The number of anilines is 1. The minimum Gasteiger partial charge on any atom is -0.326 e. The first-order valence-electron chi connectivity index (χ1n) is 7.07. The molecule has 2 rings (SSSR count).